The van der Waals surface area contributed by atoms with E-state index in [4.69, 9.17) is 4.74 Å². The van der Waals surface area contributed by atoms with Crippen molar-refractivity contribution in [2.45, 2.75) is 92.4 Å². The molecule has 2 fully saturated rings. The van der Waals surface area contributed by atoms with Gasteiger partial charge in [0.15, 0.2) is 11.6 Å². The van der Waals surface area contributed by atoms with Gasteiger partial charge in [-0.2, -0.15) is 0 Å². The summed E-state index contributed by atoms with van der Waals surface area (Å²) in [6, 6.07) is 0. The van der Waals surface area contributed by atoms with Gasteiger partial charge in [-0.3, -0.25) is 14.4 Å². The molecule has 5 nitrogen and oxygen atoms in total. The summed E-state index contributed by atoms with van der Waals surface area (Å²) in [7, 11) is 0. The van der Waals surface area contributed by atoms with E-state index in [1.165, 1.54) is 12.5 Å². The number of hydrogen-bond donors (Lipinski definition) is 1. The Labute approximate surface area is 217 Å². The van der Waals surface area contributed by atoms with Crippen LogP contribution in [-0.2, 0) is 19.1 Å². The van der Waals surface area contributed by atoms with E-state index in [-0.39, 0.29) is 46.6 Å². The fourth-order valence-electron chi connectivity index (χ4n) is 7.96. The third kappa shape index (κ3) is 6.39. The number of fused-ring (bicyclic) bond motifs is 1. The molecule has 0 spiro atoms. The largest absolute Gasteiger partial charge is 0.513 e. The van der Waals surface area contributed by atoms with Crippen molar-refractivity contribution >= 4 is 17.5 Å². The summed E-state index contributed by atoms with van der Waals surface area (Å²) in [5.41, 5.74) is 0.993. The summed E-state index contributed by atoms with van der Waals surface area (Å²) in [6.45, 7) is 13.9. The SMILES string of the molecule is C=C(O)CCCCC(C)CC1(C)C(C2CCC3=CC(=O)C=CC3(C)C2)CC(C)C1C(=O)COC(C)=O. The molecule has 0 radical (unpaired) electrons. The summed E-state index contributed by atoms with van der Waals surface area (Å²) in [6.07, 6.45) is 14.3. The zero-order chi connectivity index (χ0) is 26.7. The van der Waals surface area contributed by atoms with Gasteiger partial charge in [0, 0.05) is 24.7 Å². The molecular formula is C31H46O5. The van der Waals surface area contributed by atoms with Gasteiger partial charge >= 0.3 is 5.97 Å². The summed E-state index contributed by atoms with van der Waals surface area (Å²) >= 11 is 0. The lowest BCUT2D eigenvalue weighted by atomic mass is 9.56. The Balaban J connectivity index is 1.82. The lowest BCUT2D eigenvalue weighted by molar-refractivity contribution is -0.149. The van der Waals surface area contributed by atoms with Crippen molar-refractivity contribution in [3.05, 3.63) is 36.1 Å². The molecule has 0 aromatic rings. The van der Waals surface area contributed by atoms with Gasteiger partial charge in [0.05, 0.1) is 5.76 Å². The molecule has 1 N–H and O–H groups in total. The molecule has 0 saturated heterocycles. The molecule has 0 aliphatic heterocycles. The first-order valence-corrected chi connectivity index (χ1v) is 13.8. The first-order chi connectivity index (χ1) is 16.9. The minimum atomic E-state index is -0.413. The Hall–Kier alpha value is -2.17. The van der Waals surface area contributed by atoms with E-state index in [9.17, 15) is 19.5 Å². The van der Waals surface area contributed by atoms with Crippen molar-refractivity contribution in [3.63, 3.8) is 0 Å². The first kappa shape index (κ1) is 28.4. The smallest absolute Gasteiger partial charge is 0.303 e. The van der Waals surface area contributed by atoms with Crippen LogP contribution >= 0.6 is 0 Å². The van der Waals surface area contributed by atoms with Crippen LogP contribution in [0.3, 0.4) is 0 Å². The van der Waals surface area contributed by atoms with Crippen LogP contribution in [0.15, 0.2) is 36.1 Å². The van der Waals surface area contributed by atoms with Gasteiger partial charge in [-0.1, -0.05) is 58.8 Å². The zero-order valence-electron chi connectivity index (χ0n) is 23.0. The maximum atomic E-state index is 13.5. The molecule has 36 heavy (non-hydrogen) atoms. The molecule has 3 rings (SSSR count). The monoisotopic (exact) mass is 498 g/mol. The molecule has 0 heterocycles. The second-order valence-corrected chi connectivity index (χ2v) is 12.5. The minimum Gasteiger partial charge on any atom is -0.513 e. The number of ether oxygens (including phenoxy) is 1. The van der Waals surface area contributed by atoms with Gasteiger partial charge in [-0.15, -0.1) is 0 Å². The number of Topliss-reactive ketones (excluding diaryl/α,β-unsaturated/α-hetero) is 1. The van der Waals surface area contributed by atoms with E-state index >= 15 is 0 Å². The van der Waals surface area contributed by atoms with Crippen molar-refractivity contribution in [1.29, 1.82) is 0 Å². The van der Waals surface area contributed by atoms with Crippen LogP contribution < -0.4 is 0 Å². The quantitative estimate of drug-likeness (QED) is 0.190. The number of allylic oxidation sites excluding steroid dienone is 5. The van der Waals surface area contributed by atoms with E-state index < -0.39 is 5.97 Å². The number of unbranched alkanes of at least 4 members (excludes halogenated alkanes) is 1. The Bertz CT molecular complexity index is 929. The average molecular weight is 499 g/mol. The Morgan fingerprint density at radius 3 is 2.67 bits per heavy atom. The van der Waals surface area contributed by atoms with Crippen LogP contribution in [0.4, 0.5) is 0 Å². The highest BCUT2D eigenvalue weighted by molar-refractivity contribution is 6.01. The van der Waals surface area contributed by atoms with Crippen LogP contribution in [0.5, 0.6) is 0 Å². The van der Waals surface area contributed by atoms with E-state index in [0.29, 0.717) is 24.2 Å². The molecule has 5 heteroatoms. The molecule has 0 bridgehead atoms. The summed E-state index contributed by atoms with van der Waals surface area (Å²) < 4.78 is 5.17. The van der Waals surface area contributed by atoms with E-state index in [1.807, 2.05) is 6.08 Å². The van der Waals surface area contributed by atoms with Gasteiger partial charge in [0.2, 0.25) is 0 Å². The fourth-order valence-corrected chi connectivity index (χ4v) is 7.96. The lowest BCUT2D eigenvalue weighted by Gasteiger charge is -2.47. The molecule has 0 amide bonds. The number of ketones is 2. The van der Waals surface area contributed by atoms with Crippen LogP contribution in [0.2, 0.25) is 0 Å². The van der Waals surface area contributed by atoms with Crippen molar-refractivity contribution in [3.8, 4) is 0 Å². The molecule has 7 unspecified atom stereocenters. The third-order valence-corrected chi connectivity index (χ3v) is 9.42. The standard InChI is InChI=1S/C31H46O5/c1-20(9-7-8-10-22(3)32)17-31(6)27(15-21(2)29(31)28(35)19-36-23(4)33)24-11-12-25-16-26(34)13-14-30(25,5)18-24/h13-14,16,20-21,24,27,29,32H,3,7-12,15,17-19H2,1-2,4-6H3. The maximum Gasteiger partial charge on any atom is 0.303 e. The molecule has 7 atom stereocenters. The number of carbonyl (C=O) groups is 3. The Kier molecular flexibility index (Phi) is 9.06. The van der Waals surface area contributed by atoms with Crippen LogP contribution in [0.25, 0.3) is 0 Å². The predicted molar refractivity (Wildman–Crippen MR) is 142 cm³/mol. The van der Waals surface area contributed by atoms with Crippen LogP contribution in [-0.4, -0.2) is 29.2 Å². The summed E-state index contributed by atoms with van der Waals surface area (Å²) in [5, 5.41) is 9.40. The number of aliphatic hydroxyl groups is 1. The predicted octanol–water partition coefficient (Wildman–Crippen LogP) is 6.93. The highest BCUT2D eigenvalue weighted by Crippen LogP contribution is 2.61. The minimum absolute atomic E-state index is 0.0530. The van der Waals surface area contributed by atoms with Crippen molar-refractivity contribution in [1.82, 2.24) is 0 Å². The molecule has 0 aromatic heterocycles. The average Bonchev–Trinajstić information content (AvgIpc) is 3.04. The number of hydrogen-bond acceptors (Lipinski definition) is 5. The highest BCUT2D eigenvalue weighted by atomic mass is 16.5. The number of rotatable bonds is 11. The van der Waals surface area contributed by atoms with Crippen molar-refractivity contribution in [2.24, 2.45) is 40.4 Å². The Morgan fingerprint density at radius 2 is 2.00 bits per heavy atom. The zero-order valence-corrected chi connectivity index (χ0v) is 23.0. The van der Waals surface area contributed by atoms with Gasteiger partial charge < -0.3 is 9.84 Å². The summed E-state index contributed by atoms with van der Waals surface area (Å²) in [4.78, 5) is 36.9. The lowest BCUT2D eigenvalue weighted by Crippen LogP contribution is -2.42. The second kappa shape index (κ2) is 11.5. The van der Waals surface area contributed by atoms with Gasteiger partial charge in [-0.25, -0.2) is 0 Å². The van der Waals surface area contributed by atoms with Gasteiger partial charge in [0.25, 0.3) is 0 Å². The van der Waals surface area contributed by atoms with Crippen LogP contribution in [0.1, 0.15) is 92.4 Å². The highest BCUT2D eigenvalue weighted by Gasteiger charge is 2.56. The van der Waals surface area contributed by atoms with E-state index in [0.717, 1.165) is 51.4 Å². The molecule has 2 saturated carbocycles. The number of esters is 1. The first-order valence-electron chi connectivity index (χ1n) is 13.8. The topological polar surface area (TPSA) is 80.7 Å². The molecule has 200 valence electrons. The molecule has 3 aliphatic carbocycles. The number of aliphatic hydroxyl groups excluding tert-OH is 1. The maximum absolute atomic E-state index is 13.5. The normalized spacial score (nSPS) is 34.6. The van der Waals surface area contributed by atoms with Crippen molar-refractivity contribution in [2.75, 3.05) is 6.61 Å². The van der Waals surface area contributed by atoms with Gasteiger partial charge in [0.1, 0.15) is 6.61 Å². The third-order valence-electron chi connectivity index (χ3n) is 9.42. The van der Waals surface area contributed by atoms with E-state index in [1.54, 1.807) is 6.08 Å². The molecule has 3 aliphatic rings. The summed E-state index contributed by atoms with van der Waals surface area (Å²) in [5.74, 6) is 1.41. The second-order valence-electron chi connectivity index (χ2n) is 12.5. The number of carbonyl (C=O) groups excluding carboxylic acids is 3. The van der Waals surface area contributed by atoms with Gasteiger partial charge in [-0.05, 0) is 79.8 Å². The Morgan fingerprint density at radius 1 is 1.28 bits per heavy atom. The van der Waals surface area contributed by atoms with Crippen molar-refractivity contribution < 1.29 is 24.2 Å². The molecule has 0 aromatic carbocycles. The fraction of sp³-hybridized carbons (Fsp3) is 0.710. The van der Waals surface area contributed by atoms with E-state index in [2.05, 4.69) is 40.3 Å². The van der Waals surface area contributed by atoms with Crippen LogP contribution in [0, 0.1) is 40.4 Å². The molecular weight excluding hydrogens is 452 g/mol.